The van der Waals surface area contributed by atoms with Crippen molar-refractivity contribution in [2.75, 3.05) is 0 Å². The normalized spacial score (nSPS) is 10.6. The van der Waals surface area contributed by atoms with E-state index in [0.29, 0.717) is 22.5 Å². The number of hydrogen-bond acceptors (Lipinski definition) is 2. The van der Waals surface area contributed by atoms with E-state index in [1.807, 2.05) is 6.92 Å². The van der Waals surface area contributed by atoms with Crippen LogP contribution in [0.2, 0.25) is 0 Å². The third-order valence-corrected chi connectivity index (χ3v) is 3.40. The van der Waals surface area contributed by atoms with Gasteiger partial charge in [0.2, 0.25) is 0 Å². The van der Waals surface area contributed by atoms with Crippen molar-refractivity contribution in [3.05, 3.63) is 65.5 Å². The highest BCUT2D eigenvalue weighted by atomic mass is 19.1. The van der Waals surface area contributed by atoms with Crippen molar-refractivity contribution in [3.63, 3.8) is 0 Å². The van der Waals surface area contributed by atoms with Crippen molar-refractivity contribution in [2.45, 2.75) is 6.92 Å². The van der Waals surface area contributed by atoms with Gasteiger partial charge in [0.1, 0.15) is 5.82 Å². The first-order chi connectivity index (χ1) is 10.5. The van der Waals surface area contributed by atoms with Crippen LogP contribution in [-0.2, 0) is 0 Å². The van der Waals surface area contributed by atoms with Crippen LogP contribution >= 0.6 is 0 Å². The van der Waals surface area contributed by atoms with Gasteiger partial charge >= 0.3 is 5.97 Å². The Kier molecular flexibility index (Phi) is 3.47. The van der Waals surface area contributed by atoms with Gasteiger partial charge in [-0.3, -0.25) is 5.10 Å². The first-order valence-corrected chi connectivity index (χ1v) is 6.70. The highest BCUT2D eigenvalue weighted by molar-refractivity contribution is 5.89. The predicted molar refractivity (Wildman–Crippen MR) is 81.1 cm³/mol. The van der Waals surface area contributed by atoms with E-state index < -0.39 is 5.97 Å². The van der Waals surface area contributed by atoms with E-state index in [-0.39, 0.29) is 11.4 Å². The molecule has 110 valence electrons. The lowest BCUT2D eigenvalue weighted by Crippen LogP contribution is -1.95. The quantitative estimate of drug-likeness (QED) is 0.770. The zero-order valence-electron chi connectivity index (χ0n) is 11.8. The van der Waals surface area contributed by atoms with Gasteiger partial charge in [-0.05, 0) is 37.3 Å². The average Bonchev–Trinajstić information content (AvgIpc) is 2.99. The molecule has 3 rings (SSSR count). The fourth-order valence-electron chi connectivity index (χ4n) is 2.26. The zero-order chi connectivity index (χ0) is 15.7. The molecule has 0 unspecified atom stereocenters. The van der Waals surface area contributed by atoms with Crippen molar-refractivity contribution < 1.29 is 14.3 Å². The molecule has 0 aliphatic heterocycles. The van der Waals surface area contributed by atoms with Crippen LogP contribution in [0.25, 0.3) is 22.5 Å². The molecule has 22 heavy (non-hydrogen) atoms. The summed E-state index contributed by atoms with van der Waals surface area (Å²) in [6.07, 6.45) is 0. The molecule has 1 heterocycles. The molecule has 0 amide bonds. The molecule has 0 bridgehead atoms. The number of H-pyrrole nitrogens is 1. The largest absolute Gasteiger partial charge is 0.478 e. The molecule has 4 nitrogen and oxygen atoms in total. The summed E-state index contributed by atoms with van der Waals surface area (Å²) in [5.74, 6) is -1.33. The van der Waals surface area contributed by atoms with Crippen LogP contribution in [-0.4, -0.2) is 21.3 Å². The smallest absolute Gasteiger partial charge is 0.335 e. The third-order valence-electron chi connectivity index (χ3n) is 3.40. The number of nitrogens with zero attached hydrogens (tertiary/aromatic N) is 1. The van der Waals surface area contributed by atoms with Gasteiger partial charge in [-0.2, -0.15) is 5.10 Å². The van der Waals surface area contributed by atoms with Gasteiger partial charge in [0.05, 0.1) is 17.0 Å². The molecule has 2 N–H and O–H groups in total. The Morgan fingerprint density at radius 1 is 1.18 bits per heavy atom. The zero-order valence-corrected chi connectivity index (χ0v) is 11.8. The first-order valence-electron chi connectivity index (χ1n) is 6.70. The molecule has 3 aromatic rings. The number of rotatable bonds is 3. The van der Waals surface area contributed by atoms with E-state index in [4.69, 9.17) is 5.11 Å². The van der Waals surface area contributed by atoms with E-state index in [1.54, 1.807) is 30.3 Å². The molecule has 2 aromatic carbocycles. The number of carboxylic acids is 1. The van der Waals surface area contributed by atoms with E-state index in [1.165, 1.54) is 18.2 Å². The van der Waals surface area contributed by atoms with Crippen molar-refractivity contribution >= 4 is 5.97 Å². The van der Waals surface area contributed by atoms with Gasteiger partial charge in [0, 0.05) is 11.1 Å². The van der Waals surface area contributed by atoms with Gasteiger partial charge in [-0.15, -0.1) is 0 Å². The van der Waals surface area contributed by atoms with Crippen LogP contribution in [0.4, 0.5) is 4.39 Å². The lowest BCUT2D eigenvalue weighted by atomic mass is 10.1. The Labute approximate surface area is 126 Å². The van der Waals surface area contributed by atoms with Gasteiger partial charge < -0.3 is 5.11 Å². The molecule has 0 aliphatic rings. The number of aromatic carboxylic acids is 1. The summed E-state index contributed by atoms with van der Waals surface area (Å²) >= 11 is 0. The number of carboxylic acid groups (broad SMARTS) is 1. The number of hydrogen-bond donors (Lipinski definition) is 2. The minimum atomic E-state index is -0.998. The van der Waals surface area contributed by atoms with Crippen LogP contribution in [0.15, 0.2) is 48.5 Å². The lowest BCUT2D eigenvalue weighted by Gasteiger charge is -2.01. The highest BCUT2D eigenvalue weighted by Gasteiger charge is 2.11. The SMILES string of the molecule is Cc1ccc(F)c(-c2cc(-c3cccc(C(=O)O)c3)n[nH]2)c1. The lowest BCUT2D eigenvalue weighted by molar-refractivity contribution is 0.0697. The second-order valence-electron chi connectivity index (χ2n) is 5.04. The maximum absolute atomic E-state index is 13.9. The van der Waals surface area contributed by atoms with Crippen LogP contribution in [0.1, 0.15) is 15.9 Å². The fourth-order valence-corrected chi connectivity index (χ4v) is 2.26. The van der Waals surface area contributed by atoms with Crippen molar-refractivity contribution in [1.29, 1.82) is 0 Å². The minimum absolute atomic E-state index is 0.184. The Morgan fingerprint density at radius 3 is 2.77 bits per heavy atom. The average molecular weight is 296 g/mol. The Hall–Kier alpha value is -2.95. The van der Waals surface area contributed by atoms with Crippen molar-refractivity contribution in [3.8, 4) is 22.5 Å². The van der Waals surface area contributed by atoms with E-state index >= 15 is 0 Å². The number of benzene rings is 2. The van der Waals surface area contributed by atoms with Crippen molar-refractivity contribution in [2.24, 2.45) is 0 Å². The number of aromatic nitrogens is 2. The fraction of sp³-hybridized carbons (Fsp3) is 0.0588. The van der Waals surface area contributed by atoms with Crippen LogP contribution < -0.4 is 0 Å². The van der Waals surface area contributed by atoms with Gasteiger partial charge in [-0.25, -0.2) is 9.18 Å². The standard InChI is InChI=1S/C17H13FN2O2/c1-10-5-6-14(18)13(7-10)16-9-15(19-20-16)11-3-2-4-12(8-11)17(21)22/h2-9H,1H3,(H,19,20)(H,21,22). The number of carbonyl (C=O) groups is 1. The summed E-state index contributed by atoms with van der Waals surface area (Å²) in [7, 11) is 0. The van der Waals surface area contributed by atoms with E-state index in [0.717, 1.165) is 5.56 Å². The Morgan fingerprint density at radius 2 is 2.00 bits per heavy atom. The molecule has 0 aliphatic carbocycles. The van der Waals surface area contributed by atoms with Crippen LogP contribution in [0.5, 0.6) is 0 Å². The van der Waals surface area contributed by atoms with E-state index in [9.17, 15) is 9.18 Å². The number of nitrogens with one attached hydrogen (secondary N) is 1. The third kappa shape index (κ3) is 2.61. The summed E-state index contributed by atoms with van der Waals surface area (Å²) < 4.78 is 13.9. The number of halogens is 1. The molecular weight excluding hydrogens is 283 g/mol. The maximum Gasteiger partial charge on any atom is 0.335 e. The molecule has 0 radical (unpaired) electrons. The molecule has 1 aromatic heterocycles. The van der Waals surface area contributed by atoms with Gasteiger partial charge in [-0.1, -0.05) is 23.8 Å². The maximum atomic E-state index is 13.9. The summed E-state index contributed by atoms with van der Waals surface area (Å²) in [6, 6.07) is 13.0. The summed E-state index contributed by atoms with van der Waals surface area (Å²) in [6.45, 7) is 1.89. The predicted octanol–water partition coefficient (Wildman–Crippen LogP) is 3.89. The monoisotopic (exact) mass is 296 g/mol. The minimum Gasteiger partial charge on any atom is -0.478 e. The molecular formula is C17H13FN2O2. The molecule has 0 saturated heterocycles. The second kappa shape index (κ2) is 5.44. The summed E-state index contributed by atoms with van der Waals surface area (Å²) in [5, 5.41) is 16.0. The molecule has 5 heteroatoms. The topological polar surface area (TPSA) is 66.0 Å². The molecule has 0 atom stereocenters. The first kappa shape index (κ1) is 14.0. The Bertz CT molecular complexity index is 855. The Balaban J connectivity index is 2.02. The van der Waals surface area contributed by atoms with Crippen molar-refractivity contribution in [1.82, 2.24) is 10.2 Å². The number of aryl methyl sites for hydroxylation is 1. The summed E-state index contributed by atoms with van der Waals surface area (Å²) in [5.41, 5.74) is 3.35. The molecule has 0 fully saturated rings. The molecule has 0 spiro atoms. The second-order valence-corrected chi connectivity index (χ2v) is 5.04. The van der Waals surface area contributed by atoms with Crippen LogP contribution in [0, 0.1) is 12.7 Å². The van der Waals surface area contributed by atoms with Crippen LogP contribution in [0.3, 0.4) is 0 Å². The molecule has 0 saturated carbocycles. The van der Waals surface area contributed by atoms with Gasteiger partial charge in [0.25, 0.3) is 0 Å². The number of aromatic amines is 1. The van der Waals surface area contributed by atoms with Gasteiger partial charge in [0.15, 0.2) is 0 Å². The summed E-state index contributed by atoms with van der Waals surface area (Å²) in [4.78, 5) is 11.0. The highest BCUT2D eigenvalue weighted by Crippen LogP contribution is 2.26. The van der Waals surface area contributed by atoms with E-state index in [2.05, 4.69) is 10.2 Å².